The maximum absolute atomic E-state index is 12.4. The molecule has 0 radical (unpaired) electrons. The van der Waals surface area contributed by atoms with Gasteiger partial charge in [-0.3, -0.25) is 9.59 Å². The third kappa shape index (κ3) is 4.23. The molecule has 0 aliphatic carbocycles. The number of carbonyl (C=O) groups is 3. The summed E-state index contributed by atoms with van der Waals surface area (Å²) in [5.41, 5.74) is 2.11. The van der Waals surface area contributed by atoms with Crippen LogP contribution in [-0.2, 0) is 14.4 Å². The van der Waals surface area contributed by atoms with E-state index in [1.54, 1.807) is 7.05 Å². The Balaban J connectivity index is 1.80. The van der Waals surface area contributed by atoms with E-state index in [9.17, 15) is 14.4 Å². The Morgan fingerprint density at radius 3 is 2.74 bits per heavy atom. The van der Waals surface area contributed by atoms with Gasteiger partial charge in [0, 0.05) is 26.6 Å². The largest absolute Gasteiger partial charge is 0.490 e. The monoisotopic (exact) mass is 373 g/mol. The molecule has 1 atom stereocenters. The van der Waals surface area contributed by atoms with Gasteiger partial charge in [0.2, 0.25) is 12.3 Å². The highest BCUT2D eigenvalue weighted by molar-refractivity contribution is 5.86. The minimum absolute atomic E-state index is 0.0880. The average molecular weight is 373 g/mol. The molecule has 2 amide bonds. The van der Waals surface area contributed by atoms with Crippen molar-refractivity contribution in [2.75, 3.05) is 38.2 Å². The Hall–Kier alpha value is -2.57. The summed E-state index contributed by atoms with van der Waals surface area (Å²) in [6.45, 7) is 2.68. The van der Waals surface area contributed by atoms with Gasteiger partial charge in [0.1, 0.15) is 24.7 Å². The topological polar surface area (TPSA) is 79.0 Å². The number of likely N-dealkylation sites (tertiary alicyclic amines) is 1. The first kappa shape index (κ1) is 19.2. The minimum atomic E-state index is -0.385. The third-order valence-corrected chi connectivity index (χ3v) is 5.52. The summed E-state index contributed by atoms with van der Waals surface area (Å²) >= 11 is 0. The number of nitrogens with zero attached hydrogens (tertiary/aromatic N) is 2. The van der Waals surface area contributed by atoms with E-state index in [1.807, 2.05) is 15.9 Å². The molecule has 0 bridgehead atoms. The Bertz CT molecular complexity index is 686. The number of amides is 2. The van der Waals surface area contributed by atoms with Crippen LogP contribution in [0, 0.1) is 0 Å². The predicted octanol–water partition coefficient (Wildman–Crippen LogP) is 1.31. The summed E-state index contributed by atoms with van der Waals surface area (Å²) in [7, 11) is 1.62. The fourth-order valence-corrected chi connectivity index (χ4v) is 3.99. The van der Waals surface area contributed by atoms with Crippen molar-refractivity contribution in [2.45, 2.75) is 37.6 Å². The summed E-state index contributed by atoms with van der Waals surface area (Å²) in [6, 6.07) is 5.81. The number of benzene rings is 1. The zero-order chi connectivity index (χ0) is 19.2. The van der Waals surface area contributed by atoms with Crippen LogP contribution in [-0.4, -0.2) is 62.8 Å². The Morgan fingerprint density at radius 1 is 1.30 bits per heavy atom. The van der Waals surface area contributed by atoms with E-state index in [0.29, 0.717) is 31.9 Å². The van der Waals surface area contributed by atoms with Crippen molar-refractivity contribution in [3.63, 3.8) is 0 Å². The van der Waals surface area contributed by atoms with Gasteiger partial charge < -0.3 is 24.6 Å². The molecule has 0 saturated carbocycles. The Kier molecular flexibility index (Phi) is 6.32. The maximum atomic E-state index is 12.4. The number of likely N-dealkylation sites (N-methyl/N-ethyl adjacent to an activating group) is 1. The molecule has 2 aliphatic rings. The first-order chi connectivity index (χ1) is 13.2. The zero-order valence-corrected chi connectivity index (χ0v) is 15.7. The molecule has 146 valence electrons. The van der Waals surface area contributed by atoms with Crippen molar-refractivity contribution in [1.29, 1.82) is 0 Å². The number of rotatable bonds is 7. The summed E-state index contributed by atoms with van der Waals surface area (Å²) in [4.78, 5) is 37.9. The molecular formula is C20H27N3O4. The lowest BCUT2D eigenvalue weighted by molar-refractivity contribution is -0.122. The highest BCUT2D eigenvalue weighted by Crippen LogP contribution is 2.38. The molecule has 27 heavy (non-hydrogen) atoms. The van der Waals surface area contributed by atoms with Crippen LogP contribution < -0.4 is 15.0 Å². The second-order valence-electron chi connectivity index (χ2n) is 7.06. The van der Waals surface area contributed by atoms with E-state index in [4.69, 9.17) is 4.74 Å². The number of hydrogen-bond donors (Lipinski definition) is 1. The molecule has 1 aromatic carbocycles. The standard InChI is InChI=1S/C20H27N3O4/c1-21-20(26)18(3-2-11-24)23-10-12-27-19-13-16(4-5-17(19)23)15-6-8-22(14-25)9-7-15/h4-5,11,13-15,18H,2-3,6-10,12H2,1H3,(H,21,26). The molecule has 1 fully saturated rings. The first-order valence-electron chi connectivity index (χ1n) is 9.56. The molecule has 3 rings (SSSR count). The SMILES string of the molecule is CNC(=O)C(CCC=O)N1CCOc2cc(C3CCN(C=O)CC3)ccc21. The molecule has 1 saturated heterocycles. The quantitative estimate of drug-likeness (QED) is 0.729. The molecule has 2 aliphatic heterocycles. The second-order valence-corrected chi connectivity index (χ2v) is 7.06. The molecule has 2 heterocycles. The smallest absolute Gasteiger partial charge is 0.242 e. The van der Waals surface area contributed by atoms with Gasteiger partial charge in [-0.05, 0) is 42.9 Å². The molecular weight excluding hydrogens is 346 g/mol. The van der Waals surface area contributed by atoms with E-state index in [1.165, 1.54) is 5.56 Å². The van der Waals surface area contributed by atoms with Gasteiger partial charge in [0.05, 0.1) is 12.2 Å². The molecule has 1 unspecified atom stereocenters. The van der Waals surface area contributed by atoms with E-state index in [0.717, 1.165) is 50.1 Å². The van der Waals surface area contributed by atoms with Crippen LogP contribution in [0.2, 0.25) is 0 Å². The Labute approximate surface area is 159 Å². The number of fused-ring (bicyclic) bond motifs is 1. The maximum Gasteiger partial charge on any atom is 0.242 e. The van der Waals surface area contributed by atoms with Gasteiger partial charge in [-0.15, -0.1) is 0 Å². The van der Waals surface area contributed by atoms with Gasteiger partial charge in [-0.2, -0.15) is 0 Å². The molecule has 1 N–H and O–H groups in total. The number of piperidine rings is 1. The number of ether oxygens (including phenoxy) is 1. The van der Waals surface area contributed by atoms with Crippen LogP contribution in [0.25, 0.3) is 0 Å². The summed E-state index contributed by atoms with van der Waals surface area (Å²) in [5, 5.41) is 2.70. The van der Waals surface area contributed by atoms with Gasteiger partial charge >= 0.3 is 0 Å². The summed E-state index contributed by atoms with van der Waals surface area (Å²) < 4.78 is 5.89. The van der Waals surface area contributed by atoms with E-state index in [2.05, 4.69) is 17.4 Å². The summed E-state index contributed by atoms with van der Waals surface area (Å²) in [5.74, 6) is 1.11. The van der Waals surface area contributed by atoms with E-state index in [-0.39, 0.29) is 11.9 Å². The Morgan fingerprint density at radius 2 is 2.07 bits per heavy atom. The van der Waals surface area contributed by atoms with Crippen molar-refractivity contribution in [2.24, 2.45) is 0 Å². The normalized spacial score (nSPS) is 18.3. The van der Waals surface area contributed by atoms with Gasteiger partial charge in [-0.25, -0.2) is 0 Å². The predicted molar refractivity (Wildman–Crippen MR) is 102 cm³/mol. The molecule has 0 spiro atoms. The lowest BCUT2D eigenvalue weighted by Crippen LogP contribution is -2.49. The highest BCUT2D eigenvalue weighted by Gasteiger charge is 2.30. The van der Waals surface area contributed by atoms with Crippen LogP contribution in [0.15, 0.2) is 18.2 Å². The third-order valence-electron chi connectivity index (χ3n) is 5.52. The number of aldehydes is 1. The van der Waals surface area contributed by atoms with Crippen LogP contribution in [0.5, 0.6) is 5.75 Å². The second kappa shape index (κ2) is 8.88. The molecule has 0 aromatic heterocycles. The lowest BCUT2D eigenvalue weighted by atomic mass is 9.89. The van der Waals surface area contributed by atoms with E-state index < -0.39 is 0 Å². The zero-order valence-electron chi connectivity index (χ0n) is 15.7. The number of anilines is 1. The summed E-state index contributed by atoms with van der Waals surface area (Å²) in [6.07, 6.45) is 4.49. The first-order valence-corrected chi connectivity index (χ1v) is 9.56. The lowest BCUT2D eigenvalue weighted by Gasteiger charge is -2.37. The molecule has 7 nitrogen and oxygen atoms in total. The number of hydrogen-bond acceptors (Lipinski definition) is 5. The van der Waals surface area contributed by atoms with Crippen LogP contribution in [0.3, 0.4) is 0 Å². The van der Waals surface area contributed by atoms with E-state index >= 15 is 0 Å². The van der Waals surface area contributed by atoms with Crippen molar-refractivity contribution in [3.8, 4) is 5.75 Å². The van der Waals surface area contributed by atoms with Crippen molar-refractivity contribution in [3.05, 3.63) is 23.8 Å². The van der Waals surface area contributed by atoms with Gasteiger partial charge in [-0.1, -0.05) is 6.07 Å². The minimum Gasteiger partial charge on any atom is -0.490 e. The van der Waals surface area contributed by atoms with Crippen LogP contribution >= 0.6 is 0 Å². The van der Waals surface area contributed by atoms with Crippen LogP contribution in [0.1, 0.15) is 37.2 Å². The van der Waals surface area contributed by atoms with Crippen LogP contribution in [0.4, 0.5) is 5.69 Å². The average Bonchev–Trinajstić information content (AvgIpc) is 2.73. The van der Waals surface area contributed by atoms with Gasteiger partial charge in [0.15, 0.2) is 0 Å². The number of nitrogens with one attached hydrogen (secondary N) is 1. The fourth-order valence-electron chi connectivity index (χ4n) is 3.99. The number of carbonyl (C=O) groups excluding carboxylic acids is 3. The molecule has 7 heteroatoms. The van der Waals surface area contributed by atoms with Crippen molar-refractivity contribution < 1.29 is 19.1 Å². The van der Waals surface area contributed by atoms with Gasteiger partial charge in [0.25, 0.3) is 0 Å². The molecule has 1 aromatic rings. The fraction of sp³-hybridized carbons (Fsp3) is 0.550. The van der Waals surface area contributed by atoms with Crippen molar-refractivity contribution in [1.82, 2.24) is 10.2 Å². The van der Waals surface area contributed by atoms with Crippen molar-refractivity contribution >= 4 is 24.3 Å². The highest BCUT2D eigenvalue weighted by atomic mass is 16.5.